The number of carbonyl (C=O) groups excluding carboxylic acids is 3. The van der Waals surface area contributed by atoms with Crippen molar-refractivity contribution >= 4 is 29.8 Å². The first-order chi connectivity index (χ1) is 17.8. The first-order valence-corrected chi connectivity index (χ1v) is 11.7. The summed E-state index contributed by atoms with van der Waals surface area (Å²) in [5.74, 6) is -1.17. The number of nitrogens with two attached hydrogens (primary N) is 1. The van der Waals surface area contributed by atoms with Crippen molar-refractivity contribution in [1.82, 2.24) is 5.32 Å². The Labute approximate surface area is 215 Å². The second-order valence-electron chi connectivity index (χ2n) is 8.24. The highest BCUT2D eigenvalue weighted by Gasteiger charge is 2.23. The molecule has 3 aromatic rings. The Morgan fingerprint density at radius 1 is 0.946 bits per heavy atom. The van der Waals surface area contributed by atoms with E-state index < -0.39 is 23.9 Å². The Bertz CT molecular complexity index is 1280. The predicted octanol–water partition coefficient (Wildman–Crippen LogP) is 3.88. The van der Waals surface area contributed by atoms with Gasteiger partial charge < -0.3 is 20.5 Å². The van der Waals surface area contributed by atoms with Gasteiger partial charge in [-0.1, -0.05) is 42.5 Å². The van der Waals surface area contributed by atoms with E-state index in [2.05, 4.69) is 5.32 Å². The van der Waals surface area contributed by atoms with E-state index in [1.54, 1.807) is 68.5 Å². The third-order valence-electron chi connectivity index (χ3n) is 5.42. The van der Waals surface area contributed by atoms with E-state index >= 15 is 0 Å². The highest BCUT2D eigenvalue weighted by atomic mass is 16.5. The van der Waals surface area contributed by atoms with Crippen molar-refractivity contribution in [2.24, 2.45) is 5.73 Å². The Balaban J connectivity index is 1.64. The van der Waals surface area contributed by atoms with Gasteiger partial charge in [-0.15, -0.1) is 0 Å². The van der Waals surface area contributed by atoms with E-state index in [1.807, 2.05) is 30.3 Å². The van der Waals surface area contributed by atoms with Gasteiger partial charge in [0.05, 0.1) is 12.2 Å². The summed E-state index contributed by atoms with van der Waals surface area (Å²) in [4.78, 5) is 37.7. The molecule has 0 radical (unpaired) electrons. The molecular weight excluding hydrogens is 470 g/mol. The van der Waals surface area contributed by atoms with E-state index in [1.165, 1.54) is 0 Å². The maximum Gasteiger partial charge on any atom is 0.343 e. The summed E-state index contributed by atoms with van der Waals surface area (Å²) in [7, 11) is 0. The molecule has 0 aliphatic carbocycles. The molecule has 8 nitrogen and oxygen atoms in total. The van der Waals surface area contributed by atoms with Crippen LogP contribution < -0.4 is 15.8 Å². The van der Waals surface area contributed by atoms with Crippen LogP contribution in [0.2, 0.25) is 0 Å². The van der Waals surface area contributed by atoms with E-state index in [4.69, 9.17) is 20.6 Å². The average molecular weight is 500 g/mol. The van der Waals surface area contributed by atoms with Crippen molar-refractivity contribution in [3.8, 4) is 5.75 Å². The maximum absolute atomic E-state index is 12.8. The minimum Gasteiger partial charge on any atom is -0.464 e. The van der Waals surface area contributed by atoms with Gasteiger partial charge in [-0.05, 0) is 67.4 Å². The van der Waals surface area contributed by atoms with Gasteiger partial charge in [-0.25, -0.2) is 9.59 Å². The lowest BCUT2D eigenvalue weighted by Crippen LogP contribution is -2.43. The highest BCUT2D eigenvalue weighted by molar-refractivity contribution is 5.99. The number of esters is 2. The normalized spacial score (nSPS) is 11.8. The summed E-state index contributed by atoms with van der Waals surface area (Å²) in [6.45, 7) is 3.58. The predicted molar refractivity (Wildman–Crippen MR) is 141 cm³/mol. The maximum atomic E-state index is 12.8. The summed E-state index contributed by atoms with van der Waals surface area (Å²) >= 11 is 0. The number of rotatable bonds is 10. The van der Waals surface area contributed by atoms with Crippen molar-refractivity contribution < 1.29 is 23.9 Å². The molecule has 0 spiro atoms. The molecule has 0 unspecified atom stereocenters. The highest BCUT2D eigenvalue weighted by Crippen LogP contribution is 2.16. The van der Waals surface area contributed by atoms with Crippen LogP contribution in [0.3, 0.4) is 0 Å². The summed E-state index contributed by atoms with van der Waals surface area (Å²) in [6, 6.07) is 21.5. The Kier molecular flexibility index (Phi) is 9.32. The van der Waals surface area contributed by atoms with Crippen LogP contribution in [-0.2, 0) is 20.7 Å². The van der Waals surface area contributed by atoms with Crippen LogP contribution in [0.1, 0.15) is 40.9 Å². The molecule has 37 heavy (non-hydrogen) atoms. The van der Waals surface area contributed by atoms with Gasteiger partial charge in [0.2, 0.25) is 5.91 Å². The second-order valence-corrected chi connectivity index (χ2v) is 8.24. The molecule has 0 aliphatic rings. The molecule has 0 aliphatic heterocycles. The molecule has 3 aromatic carbocycles. The van der Waals surface area contributed by atoms with Crippen LogP contribution in [0.25, 0.3) is 6.08 Å². The van der Waals surface area contributed by atoms with E-state index in [-0.39, 0.29) is 12.4 Å². The second kappa shape index (κ2) is 12.8. The monoisotopic (exact) mass is 499 g/mol. The number of hydrogen-bond donors (Lipinski definition) is 3. The summed E-state index contributed by atoms with van der Waals surface area (Å²) in [5.41, 5.74) is 8.29. The third kappa shape index (κ3) is 7.90. The summed E-state index contributed by atoms with van der Waals surface area (Å²) < 4.78 is 10.5. The van der Waals surface area contributed by atoms with Crippen molar-refractivity contribution in [1.29, 1.82) is 5.41 Å². The topological polar surface area (TPSA) is 132 Å². The van der Waals surface area contributed by atoms with Gasteiger partial charge in [0.15, 0.2) is 0 Å². The van der Waals surface area contributed by atoms with Crippen LogP contribution in [0, 0.1) is 5.41 Å². The largest absolute Gasteiger partial charge is 0.464 e. The van der Waals surface area contributed by atoms with Crippen LogP contribution in [0.5, 0.6) is 5.75 Å². The van der Waals surface area contributed by atoms with E-state index in [0.717, 1.165) is 5.56 Å². The average Bonchev–Trinajstić information content (AvgIpc) is 2.89. The number of carbonyl (C=O) groups is 3. The molecule has 8 heteroatoms. The number of nitrogen functional groups attached to an aromatic ring is 1. The van der Waals surface area contributed by atoms with Crippen LogP contribution in [0.15, 0.2) is 84.4 Å². The lowest BCUT2D eigenvalue weighted by Gasteiger charge is -2.17. The van der Waals surface area contributed by atoms with Crippen LogP contribution >= 0.6 is 0 Å². The molecule has 0 bridgehead atoms. The Morgan fingerprint density at radius 2 is 1.57 bits per heavy atom. The molecular formula is C29H29N3O5. The number of benzene rings is 3. The zero-order chi connectivity index (χ0) is 26.8. The first kappa shape index (κ1) is 26.9. The zero-order valence-corrected chi connectivity index (χ0v) is 20.7. The van der Waals surface area contributed by atoms with Crippen molar-refractivity contribution in [2.45, 2.75) is 26.3 Å². The van der Waals surface area contributed by atoms with E-state index in [9.17, 15) is 14.4 Å². The molecule has 1 atom stereocenters. The molecule has 4 N–H and O–H groups in total. The fraction of sp³-hybridized carbons (Fsp3) is 0.172. The number of nitrogens with one attached hydrogen (secondary N) is 2. The van der Waals surface area contributed by atoms with Crippen molar-refractivity contribution in [3.63, 3.8) is 0 Å². The Hall–Kier alpha value is -4.72. The quantitative estimate of drug-likeness (QED) is 0.128. The zero-order valence-electron chi connectivity index (χ0n) is 20.7. The molecule has 0 heterocycles. The van der Waals surface area contributed by atoms with Gasteiger partial charge in [-0.3, -0.25) is 10.2 Å². The molecule has 190 valence electrons. The lowest BCUT2D eigenvalue weighted by atomic mass is 10.0. The summed E-state index contributed by atoms with van der Waals surface area (Å²) in [6.07, 6.45) is 1.97. The van der Waals surface area contributed by atoms with Crippen LogP contribution in [-0.4, -0.2) is 36.3 Å². The first-order valence-electron chi connectivity index (χ1n) is 11.7. The van der Waals surface area contributed by atoms with E-state index in [0.29, 0.717) is 34.4 Å². The number of hydrogen-bond acceptors (Lipinski definition) is 6. The minimum absolute atomic E-state index is 0.0712. The van der Waals surface area contributed by atoms with Crippen molar-refractivity contribution in [3.05, 3.63) is 107 Å². The number of ether oxygens (including phenoxy) is 2. The van der Waals surface area contributed by atoms with Crippen molar-refractivity contribution in [2.75, 3.05) is 6.61 Å². The van der Waals surface area contributed by atoms with Gasteiger partial charge in [0.25, 0.3) is 0 Å². The standard InChI is InChI=1S/C29H29N3O5/c1-3-36-29(35)25(18-20-7-5-4-6-8-20)32-27(33)19(2)17-21-9-11-23(12-10-21)28(34)37-24-15-13-22(14-16-24)26(30)31/h4-17,25H,3,18H2,1-2H3,(H3,30,31)(H,32,33)/t25-/m0/s1. The molecule has 0 aromatic heterocycles. The number of amidine groups is 1. The van der Waals surface area contributed by atoms with Gasteiger partial charge in [0, 0.05) is 17.6 Å². The van der Waals surface area contributed by atoms with Gasteiger partial charge in [0.1, 0.15) is 17.6 Å². The smallest absolute Gasteiger partial charge is 0.343 e. The summed E-state index contributed by atoms with van der Waals surface area (Å²) in [5, 5.41) is 10.2. The third-order valence-corrected chi connectivity index (χ3v) is 5.42. The fourth-order valence-corrected chi connectivity index (χ4v) is 3.46. The molecule has 1 amide bonds. The minimum atomic E-state index is -0.820. The fourth-order valence-electron chi connectivity index (χ4n) is 3.46. The van der Waals surface area contributed by atoms with Gasteiger partial charge >= 0.3 is 11.9 Å². The molecule has 0 fully saturated rings. The van der Waals surface area contributed by atoms with Gasteiger partial charge in [-0.2, -0.15) is 0 Å². The van der Waals surface area contributed by atoms with Crippen LogP contribution in [0.4, 0.5) is 0 Å². The SMILES string of the molecule is CCOC(=O)[C@H](Cc1ccccc1)NC(=O)C(C)=Cc1ccc(C(=O)Oc2ccc(C(=N)N)cc2)cc1. The lowest BCUT2D eigenvalue weighted by molar-refractivity contribution is -0.147. The molecule has 0 saturated carbocycles. The molecule has 3 rings (SSSR count). The number of amides is 1. The molecule has 0 saturated heterocycles. The Morgan fingerprint density at radius 3 is 2.16 bits per heavy atom.